The van der Waals surface area contributed by atoms with Gasteiger partial charge in [-0.15, -0.1) is 0 Å². The molecule has 2 rings (SSSR count). The fraction of sp³-hybridized carbons (Fsp3) is 0.200. The number of hydrogen-bond donors (Lipinski definition) is 2. The lowest BCUT2D eigenvalue weighted by molar-refractivity contribution is 0.818. The normalized spacial score (nSPS) is 9.94. The summed E-state index contributed by atoms with van der Waals surface area (Å²) in [5, 5.41) is 5.28. The van der Waals surface area contributed by atoms with Crippen molar-refractivity contribution in [3.63, 3.8) is 0 Å². The molecule has 0 saturated carbocycles. The summed E-state index contributed by atoms with van der Waals surface area (Å²) in [5.74, 6) is 6.37. The lowest BCUT2D eigenvalue weighted by Crippen LogP contribution is -2.05. The predicted octanol–water partition coefficient (Wildman–Crippen LogP) is 2.38. The molecule has 0 fully saturated rings. The fourth-order valence-corrected chi connectivity index (χ4v) is 1.78. The molecule has 0 amide bonds. The molecule has 0 radical (unpaired) electrons. The van der Waals surface area contributed by atoms with Gasteiger partial charge in [-0.1, -0.05) is 36.1 Å². The van der Waals surface area contributed by atoms with Gasteiger partial charge in [0.1, 0.15) is 0 Å². The van der Waals surface area contributed by atoms with Crippen molar-refractivity contribution in [2.75, 3.05) is 19.3 Å². The molecular weight excluding hydrogens is 208 g/mol. The second-order valence-corrected chi connectivity index (χ2v) is 3.90. The highest BCUT2D eigenvalue weighted by Gasteiger charge is 2.00. The van der Waals surface area contributed by atoms with E-state index < -0.39 is 0 Å². The van der Waals surface area contributed by atoms with E-state index in [2.05, 4.69) is 23.2 Å². The smallest absolute Gasteiger partial charge is 0.0394 e. The Morgan fingerprint density at radius 2 is 1.88 bits per heavy atom. The predicted molar refractivity (Wildman–Crippen MR) is 73.8 cm³/mol. The molecule has 0 atom stereocenters. The van der Waals surface area contributed by atoms with Gasteiger partial charge in [0.25, 0.3) is 0 Å². The number of rotatable bonds is 2. The summed E-state index contributed by atoms with van der Waals surface area (Å²) in [6.07, 6.45) is 0.856. The molecule has 0 spiro atoms. The lowest BCUT2D eigenvalue weighted by Gasteiger charge is -2.03. The van der Waals surface area contributed by atoms with E-state index in [0.717, 1.165) is 35.0 Å². The molecule has 0 aromatic heterocycles. The van der Waals surface area contributed by atoms with Crippen LogP contribution in [0.4, 0.5) is 5.69 Å². The third kappa shape index (κ3) is 2.58. The zero-order chi connectivity index (χ0) is 12.1. The van der Waals surface area contributed by atoms with Gasteiger partial charge < -0.3 is 11.1 Å². The van der Waals surface area contributed by atoms with Crippen molar-refractivity contribution in [1.82, 2.24) is 5.32 Å². The Balaban J connectivity index is 2.40. The van der Waals surface area contributed by atoms with Gasteiger partial charge in [-0.25, -0.2) is 0 Å². The topological polar surface area (TPSA) is 38.0 Å². The van der Waals surface area contributed by atoms with Crippen molar-refractivity contribution in [3.8, 4) is 11.8 Å². The average molecular weight is 224 g/mol. The zero-order valence-electron chi connectivity index (χ0n) is 9.96. The van der Waals surface area contributed by atoms with Crippen LogP contribution < -0.4 is 11.1 Å². The minimum absolute atomic E-state index is 0.807. The Bertz CT molecular complexity index is 576. The van der Waals surface area contributed by atoms with Gasteiger partial charge in [-0.3, -0.25) is 0 Å². The molecule has 0 saturated heterocycles. The third-order valence-corrected chi connectivity index (χ3v) is 2.68. The molecule has 0 heterocycles. The van der Waals surface area contributed by atoms with Crippen molar-refractivity contribution in [2.24, 2.45) is 0 Å². The fourth-order valence-electron chi connectivity index (χ4n) is 1.78. The van der Waals surface area contributed by atoms with Crippen LogP contribution in [0.5, 0.6) is 0 Å². The number of nitrogen functional groups attached to an aromatic ring is 1. The van der Waals surface area contributed by atoms with Gasteiger partial charge in [0, 0.05) is 29.6 Å². The van der Waals surface area contributed by atoms with Crippen molar-refractivity contribution < 1.29 is 0 Å². The zero-order valence-corrected chi connectivity index (χ0v) is 9.96. The van der Waals surface area contributed by atoms with E-state index in [9.17, 15) is 0 Å². The van der Waals surface area contributed by atoms with Gasteiger partial charge in [-0.05, 0) is 24.6 Å². The molecule has 86 valence electrons. The summed E-state index contributed by atoms with van der Waals surface area (Å²) >= 11 is 0. The van der Waals surface area contributed by atoms with E-state index in [-0.39, 0.29) is 0 Å². The highest BCUT2D eigenvalue weighted by atomic mass is 14.8. The maximum absolute atomic E-state index is 5.94. The molecular formula is C15H16N2. The Labute approximate surface area is 102 Å². The van der Waals surface area contributed by atoms with E-state index in [0.29, 0.717) is 0 Å². The molecule has 2 heteroatoms. The molecule has 0 aliphatic carbocycles. The van der Waals surface area contributed by atoms with Crippen molar-refractivity contribution in [3.05, 3.63) is 42.0 Å². The summed E-state index contributed by atoms with van der Waals surface area (Å²) in [5.41, 5.74) is 7.80. The molecule has 0 aliphatic rings. The number of anilines is 1. The summed E-state index contributed by atoms with van der Waals surface area (Å²) in [6, 6.07) is 12.0. The van der Waals surface area contributed by atoms with Crippen LogP contribution in [0.2, 0.25) is 0 Å². The summed E-state index contributed by atoms with van der Waals surface area (Å²) in [6.45, 7) is 0.917. The van der Waals surface area contributed by atoms with Crippen molar-refractivity contribution in [2.45, 2.75) is 6.42 Å². The van der Waals surface area contributed by atoms with Crippen molar-refractivity contribution in [1.29, 1.82) is 0 Å². The van der Waals surface area contributed by atoms with Crippen LogP contribution >= 0.6 is 0 Å². The number of nitrogens with one attached hydrogen (secondary N) is 1. The first-order chi connectivity index (χ1) is 8.33. The van der Waals surface area contributed by atoms with E-state index >= 15 is 0 Å². The molecule has 2 nitrogen and oxygen atoms in total. The van der Waals surface area contributed by atoms with Crippen LogP contribution in [0.1, 0.15) is 12.0 Å². The minimum Gasteiger partial charge on any atom is -0.398 e. The summed E-state index contributed by atoms with van der Waals surface area (Å²) in [7, 11) is 1.93. The largest absolute Gasteiger partial charge is 0.398 e. The van der Waals surface area contributed by atoms with Crippen LogP contribution in [0.3, 0.4) is 0 Å². The van der Waals surface area contributed by atoms with E-state index in [1.807, 2.05) is 37.4 Å². The summed E-state index contributed by atoms with van der Waals surface area (Å²) < 4.78 is 0. The first-order valence-electron chi connectivity index (χ1n) is 5.73. The number of hydrogen-bond acceptors (Lipinski definition) is 2. The Hall–Kier alpha value is -1.98. The molecule has 0 unspecified atom stereocenters. The quantitative estimate of drug-likeness (QED) is 0.467. The maximum Gasteiger partial charge on any atom is 0.0394 e. The monoisotopic (exact) mass is 224 g/mol. The van der Waals surface area contributed by atoms with Gasteiger partial charge in [0.05, 0.1) is 0 Å². The first kappa shape index (κ1) is 11.5. The van der Waals surface area contributed by atoms with Gasteiger partial charge in [0.15, 0.2) is 0 Å². The Kier molecular flexibility index (Phi) is 3.64. The van der Waals surface area contributed by atoms with Crippen molar-refractivity contribution >= 4 is 16.5 Å². The maximum atomic E-state index is 5.94. The van der Waals surface area contributed by atoms with Gasteiger partial charge >= 0.3 is 0 Å². The minimum atomic E-state index is 0.807. The number of benzene rings is 2. The Morgan fingerprint density at radius 1 is 1.12 bits per heavy atom. The molecule has 0 aliphatic heterocycles. The SMILES string of the molecule is CNCCC#Cc1ccc(N)c2ccccc12. The van der Waals surface area contributed by atoms with E-state index in [4.69, 9.17) is 5.73 Å². The lowest BCUT2D eigenvalue weighted by atomic mass is 10.0. The van der Waals surface area contributed by atoms with Crippen LogP contribution in [-0.2, 0) is 0 Å². The molecule has 2 aromatic carbocycles. The number of nitrogens with two attached hydrogens (primary N) is 1. The van der Waals surface area contributed by atoms with Crippen LogP contribution in [0.25, 0.3) is 10.8 Å². The Morgan fingerprint density at radius 3 is 2.65 bits per heavy atom. The molecule has 3 N–H and O–H groups in total. The summed E-state index contributed by atoms with van der Waals surface area (Å²) in [4.78, 5) is 0. The second-order valence-electron chi connectivity index (χ2n) is 3.90. The van der Waals surface area contributed by atoms with E-state index in [1.54, 1.807) is 0 Å². The number of fused-ring (bicyclic) bond motifs is 1. The van der Waals surface area contributed by atoms with Gasteiger partial charge in [0.2, 0.25) is 0 Å². The standard InChI is InChI=1S/C15H16N2/c1-17-11-5-4-6-12-9-10-15(16)14-8-3-2-7-13(12)14/h2-3,7-10,17H,5,11,16H2,1H3. The molecule has 0 bridgehead atoms. The average Bonchev–Trinajstić information content (AvgIpc) is 2.37. The molecule has 2 aromatic rings. The third-order valence-electron chi connectivity index (χ3n) is 2.68. The van der Waals surface area contributed by atoms with Crippen LogP contribution in [0.15, 0.2) is 36.4 Å². The molecule has 17 heavy (non-hydrogen) atoms. The second kappa shape index (κ2) is 5.38. The van der Waals surface area contributed by atoms with Crippen LogP contribution in [0, 0.1) is 11.8 Å². The first-order valence-corrected chi connectivity index (χ1v) is 5.73. The van der Waals surface area contributed by atoms with E-state index in [1.165, 1.54) is 0 Å². The highest BCUT2D eigenvalue weighted by molar-refractivity contribution is 5.96. The van der Waals surface area contributed by atoms with Crippen LogP contribution in [-0.4, -0.2) is 13.6 Å². The highest BCUT2D eigenvalue weighted by Crippen LogP contribution is 2.23. The van der Waals surface area contributed by atoms with Gasteiger partial charge in [-0.2, -0.15) is 0 Å².